The fourth-order valence-electron chi connectivity index (χ4n) is 2.99. The van der Waals surface area contributed by atoms with E-state index < -0.39 is 6.55 Å². The highest BCUT2D eigenvalue weighted by Crippen LogP contribution is 2.28. The number of benzene rings is 2. The summed E-state index contributed by atoms with van der Waals surface area (Å²) < 4.78 is 28.0. The normalized spacial score (nSPS) is 12.1. The zero-order valence-electron chi connectivity index (χ0n) is 15.8. The van der Waals surface area contributed by atoms with Crippen LogP contribution < -0.4 is 0 Å². The van der Waals surface area contributed by atoms with Crippen molar-refractivity contribution in [2.24, 2.45) is 5.16 Å². The van der Waals surface area contributed by atoms with Gasteiger partial charge in [0, 0.05) is 5.56 Å². The second-order valence-corrected chi connectivity index (χ2v) is 7.50. The maximum atomic E-state index is 13.6. The highest BCUT2D eigenvalue weighted by atomic mass is 32.1. The molecule has 0 aliphatic heterocycles. The van der Waals surface area contributed by atoms with Crippen molar-refractivity contribution in [2.45, 2.75) is 27.0 Å². The average Bonchev–Trinajstić information content (AvgIpc) is 3.29. The molecule has 0 aliphatic rings. The van der Waals surface area contributed by atoms with E-state index in [2.05, 4.69) is 15.1 Å². The van der Waals surface area contributed by atoms with Crippen LogP contribution >= 0.6 is 11.3 Å². The van der Waals surface area contributed by atoms with Gasteiger partial charge in [-0.05, 0) is 26.0 Å². The lowest BCUT2D eigenvalue weighted by atomic mass is 10.2. The predicted molar refractivity (Wildman–Crippen MR) is 110 cm³/mol. The van der Waals surface area contributed by atoms with E-state index >= 15 is 0 Å². The first-order valence-electron chi connectivity index (χ1n) is 8.98. The summed E-state index contributed by atoms with van der Waals surface area (Å²) in [6.45, 7) is 1.01. The number of fused-ring (bicyclic) bond motifs is 1. The Hall–Kier alpha value is -3.13. The maximum absolute atomic E-state index is 13.6. The Morgan fingerprint density at radius 3 is 2.59 bits per heavy atom. The molecule has 0 N–H and O–H groups in total. The number of aromatic nitrogens is 3. The Morgan fingerprint density at radius 1 is 1.10 bits per heavy atom. The van der Waals surface area contributed by atoms with Crippen LogP contribution in [0.2, 0.25) is 0 Å². The number of oxime groups is 1. The first kappa shape index (κ1) is 19.2. The third kappa shape index (κ3) is 3.88. The smallest absolute Gasteiger partial charge is 0.320 e. The van der Waals surface area contributed by atoms with Gasteiger partial charge in [-0.15, -0.1) is 11.3 Å². The van der Waals surface area contributed by atoms with Crippen molar-refractivity contribution in [1.29, 1.82) is 0 Å². The first-order chi connectivity index (χ1) is 14.0. The molecular formula is C21H18F2N4OS. The summed E-state index contributed by atoms with van der Waals surface area (Å²) in [5.41, 5.74) is 3.03. The van der Waals surface area contributed by atoms with Gasteiger partial charge in [0.2, 0.25) is 0 Å². The van der Waals surface area contributed by atoms with Crippen LogP contribution in [0.4, 0.5) is 8.78 Å². The minimum Gasteiger partial charge on any atom is -0.390 e. The molecule has 0 aliphatic carbocycles. The van der Waals surface area contributed by atoms with Gasteiger partial charge in [-0.1, -0.05) is 47.6 Å². The maximum Gasteiger partial charge on any atom is 0.320 e. The Labute approximate surface area is 170 Å². The molecule has 0 amide bonds. The molecule has 2 aromatic heterocycles. The average molecular weight is 412 g/mol. The van der Waals surface area contributed by atoms with Crippen molar-refractivity contribution in [3.63, 3.8) is 0 Å². The van der Waals surface area contributed by atoms with Gasteiger partial charge in [0.1, 0.15) is 10.7 Å². The third-order valence-electron chi connectivity index (χ3n) is 4.43. The van der Waals surface area contributed by atoms with E-state index in [0.717, 1.165) is 25.7 Å². The Bertz CT molecular complexity index is 1170. The number of alkyl halides is 2. The molecule has 4 aromatic rings. The molecule has 0 fully saturated rings. The SMILES string of the molecule is C/C(=N/OCc1sc(-c2ccccc2)nc1C)c1nc2ccccc2n1C(F)F. The van der Waals surface area contributed by atoms with Gasteiger partial charge in [-0.25, -0.2) is 9.97 Å². The van der Waals surface area contributed by atoms with Crippen LogP contribution in [0, 0.1) is 6.92 Å². The second-order valence-electron chi connectivity index (χ2n) is 6.42. The Kier molecular flexibility index (Phi) is 5.35. The zero-order valence-corrected chi connectivity index (χ0v) is 16.7. The van der Waals surface area contributed by atoms with Gasteiger partial charge >= 0.3 is 6.55 Å². The summed E-state index contributed by atoms with van der Waals surface area (Å²) in [6.07, 6.45) is 0. The van der Waals surface area contributed by atoms with E-state index in [1.165, 1.54) is 11.3 Å². The van der Waals surface area contributed by atoms with Crippen molar-refractivity contribution >= 4 is 28.1 Å². The van der Waals surface area contributed by atoms with E-state index in [0.29, 0.717) is 11.0 Å². The molecule has 148 valence electrons. The molecule has 29 heavy (non-hydrogen) atoms. The predicted octanol–water partition coefficient (Wildman–Crippen LogP) is 5.80. The lowest BCUT2D eigenvalue weighted by Gasteiger charge is -2.07. The van der Waals surface area contributed by atoms with Crippen LogP contribution in [0.1, 0.15) is 29.9 Å². The number of aryl methyl sites for hydroxylation is 1. The highest BCUT2D eigenvalue weighted by molar-refractivity contribution is 7.15. The molecule has 8 heteroatoms. The summed E-state index contributed by atoms with van der Waals surface area (Å²) in [4.78, 5) is 15.3. The largest absolute Gasteiger partial charge is 0.390 e. The molecule has 0 spiro atoms. The Morgan fingerprint density at radius 2 is 1.83 bits per heavy atom. The zero-order chi connectivity index (χ0) is 20.4. The van der Waals surface area contributed by atoms with Gasteiger partial charge in [0.15, 0.2) is 12.4 Å². The molecule has 4 rings (SSSR count). The monoisotopic (exact) mass is 412 g/mol. The molecule has 2 heterocycles. The van der Waals surface area contributed by atoms with Gasteiger partial charge in [0.25, 0.3) is 0 Å². The van der Waals surface area contributed by atoms with Gasteiger partial charge in [-0.3, -0.25) is 4.57 Å². The van der Waals surface area contributed by atoms with E-state index in [9.17, 15) is 8.78 Å². The first-order valence-corrected chi connectivity index (χ1v) is 9.80. The fourth-order valence-corrected chi connectivity index (χ4v) is 3.97. The summed E-state index contributed by atoms with van der Waals surface area (Å²) >= 11 is 1.53. The van der Waals surface area contributed by atoms with Crippen LogP contribution in [0.3, 0.4) is 0 Å². The van der Waals surface area contributed by atoms with Crippen molar-refractivity contribution in [3.05, 3.63) is 71.0 Å². The van der Waals surface area contributed by atoms with Crippen LogP contribution in [0.25, 0.3) is 21.6 Å². The van der Waals surface area contributed by atoms with Crippen molar-refractivity contribution in [3.8, 4) is 10.6 Å². The topological polar surface area (TPSA) is 52.3 Å². The van der Waals surface area contributed by atoms with E-state index in [1.54, 1.807) is 31.2 Å². The minimum atomic E-state index is -2.72. The summed E-state index contributed by atoms with van der Waals surface area (Å²) in [5, 5.41) is 4.93. The highest BCUT2D eigenvalue weighted by Gasteiger charge is 2.19. The summed E-state index contributed by atoms with van der Waals surface area (Å²) in [7, 11) is 0. The number of rotatable bonds is 6. The van der Waals surface area contributed by atoms with Crippen molar-refractivity contribution in [1.82, 2.24) is 14.5 Å². The fraction of sp³-hybridized carbons (Fsp3) is 0.190. The third-order valence-corrected chi connectivity index (χ3v) is 5.61. The molecule has 0 saturated heterocycles. The van der Waals surface area contributed by atoms with Crippen LogP contribution in [-0.2, 0) is 11.4 Å². The number of hydrogen-bond donors (Lipinski definition) is 0. The minimum absolute atomic E-state index is 0.0900. The number of nitrogens with zero attached hydrogens (tertiary/aromatic N) is 4. The lowest BCUT2D eigenvalue weighted by molar-refractivity contribution is 0.0736. The quantitative estimate of drug-likeness (QED) is 0.297. The van der Waals surface area contributed by atoms with Crippen molar-refractivity contribution in [2.75, 3.05) is 0 Å². The lowest BCUT2D eigenvalue weighted by Crippen LogP contribution is -2.10. The molecular weight excluding hydrogens is 394 g/mol. The van der Waals surface area contributed by atoms with Gasteiger partial charge in [0.05, 0.1) is 21.6 Å². The number of hydrogen-bond acceptors (Lipinski definition) is 5. The number of para-hydroxylation sites is 2. The van der Waals surface area contributed by atoms with E-state index in [1.807, 2.05) is 37.3 Å². The second kappa shape index (κ2) is 8.08. The van der Waals surface area contributed by atoms with Crippen molar-refractivity contribution < 1.29 is 13.6 Å². The molecule has 5 nitrogen and oxygen atoms in total. The van der Waals surface area contributed by atoms with E-state index in [-0.39, 0.29) is 18.1 Å². The number of halogens is 2. The molecule has 0 saturated carbocycles. The number of imidazole rings is 1. The standard InChI is InChI=1S/C21H18F2N4OS/c1-13-18(29-20(24-13)15-8-4-3-5-9-15)12-28-26-14(2)19-25-16-10-6-7-11-17(16)27(19)21(22)23/h3-11,21H,12H2,1-2H3/b26-14-. The summed E-state index contributed by atoms with van der Waals surface area (Å²) in [5.74, 6) is 0.0900. The van der Waals surface area contributed by atoms with Gasteiger partial charge in [-0.2, -0.15) is 8.78 Å². The number of thiazole rings is 1. The molecule has 0 unspecified atom stereocenters. The van der Waals surface area contributed by atoms with Gasteiger partial charge < -0.3 is 4.84 Å². The molecule has 0 bridgehead atoms. The summed E-state index contributed by atoms with van der Waals surface area (Å²) in [6, 6.07) is 16.6. The molecule has 0 radical (unpaired) electrons. The molecule has 2 aromatic carbocycles. The van der Waals surface area contributed by atoms with Crippen LogP contribution in [0.5, 0.6) is 0 Å². The van der Waals surface area contributed by atoms with Crippen LogP contribution in [-0.4, -0.2) is 20.2 Å². The molecule has 0 atom stereocenters. The Balaban J connectivity index is 1.54. The van der Waals surface area contributed by atoms with Crippen LogP contribution in [0.15, 0.2) is 59.8 Å². The van der Waals surface area contributed by atoms with E-state index in [4.69, 9.17) is 4.84 Å².